The lowest BCUT2D eigenvalue weighted by Crippen LogP contribution is -2.27. The van der Waals surface area contributed by atoms with Gasteiger partial charge in [-0.05, 0) is 44.1 Å². The molecule has 2 aromatic rings. The highest BCUT2D eigenvalue weighted by molar-refractivity contribution is 6.00. The summed E-state index contributed by atoms with van der Waals surface area (Å²) >= 11 is 0. The molecule has 1 N–H and O–H groups in total. The Kier molecular flexibility index (Phi) is 6.27. The first-order chi connectivity index (χ1) is 13.1. The van der Waals surface area contributed by atoms with Crippen molar-refractivity contribution >= 4 is 17.7 Å². The quantitative estimate of drug-likeness (QED) is 0.785. The van der Waals surface area contributed by atoms with Crippen LogP contribution < -0.4 is 5.32 Å². The Bertz CT molecular complexity index is 777. The Labute approximate surface area is 159 Å². The van der Waals surface area contributed by atoms with Crippen LogP contribution in [0.3, 0.4) is 0 Å². The molecule has 1 aromatic carbocycles. The molecule has 27 heavy (non-hydrogen) atoms. The summed E-state index contributed by atoms with van der Waals surface area (Å²) in [4.78, 5) is 25.0. The predicted octanol–water partition coefficient (Wildman–Crippen LogP) is 3.87. The SMILES string of the molecule is CCOC(=O)c1cn(Cc2ccccc2)nc1NC(=O)C1CCC(C)CC1. The number of hydrogen-bond acceptors (Lipinski definition) is 4. The molecule has 1 aliphatic carbocycles. The van der Waals surface area contributed by atoms with E-state index in [0.29, 0.717) is 18.0 Å². The molecule has 1 heterocycles. The Morgan fingerprint density at radius 2 is 1.89 bits per heavy atom. The standard InChI is InChI=1S/C21H27N3O3/c1-3-27-21(26)18-14-24(13-16-7-5-4-6-8-16)23-19(18)22-20(25)17-11-9-15(2)10-12-17/h4-8,14-15,17H,3,9-13H2,1-2H3,(H,22,23,25). The van der Waals surface area contributed by atoms with Gasteiger partial charge in [-0.3, -0.25) is 9.48 Å². The lowest BCUT2D eigenvalue weighted by Gasteiger charge is -2.24. The molecule has 0 radical (unpaired) electrons. The number of nitrogens with zero attached hydrogens (tertiary/aromatic N) is 2. The van der Waals surface area contributed by atoms with E-state index in [1.165, 1.54) is 0 Å². The molecule has 0 atom stereocenters. The van der Waals surface area contributed by atoms with Crippen molar-refractivity contribution in [2.45, 2.75) is 46.1 Å². The number of amides is 1. The number of rotatable bonds is 6. The van der Waals surface area contributed by atoms with E-state index in [2.05, 4.69) is 17.3 Å². The van der Waals surface area contributed by atoms with Crippen molar-refractivity contribution in [3.05, 3.63) is 47.7 Å². The third-order valence-corrected chi connectivity index (χ3v) is 5.07. The molecule has 1 aromatic heterocycles. The second-order valence-electron chi connectivity index (χ2n) is 7.24. The number of esters is 1. The van der Waals surface area contributed by atoms with E-state index >= 15 is 0 Å². The number of carbonyl (C=O) groups excluding carboxylic acids is 2. The molecular weight excluding hydrogens is 342 g/mol. The summed E-state index contributed by atoms with van der Waals surface area (Å²) in [5.74, 6) is 0.416. The fourth-order valence-electron chi connectivity index (χ4n) is 3.46. The van der Waals surface area contributed by atoms with Crippen LogP contribution in [0.25, 0.3) is 0 Å². The van der Waals surface area contributed by atoms with Crippen LogP contribution >= 0.6 is 0 Å². The van der Waals surface area contributed by atoms with Crippen LogP contribution in [0.4, 0.5) is 5.82 Å². The van der Waals surface area contributed by atoms with E-state index in [1.54, 1.807) is 17.8 Å². The van der Waals surface area contributed by atoms with Gasteiger partial charge >= 0.3 is 5.97 Å². The van der Waals surface area contributed by atoms with Gasteiger partial charge in [0.1, 0.15) is 5.56 Å². The summed E-state index contributed by atoms with van der Waals surface area (Å²) in [6.07, 6.45) is 5.53. The zero-order valence-corrected chi connectivity index (χ0v) is 16.0. The van der Waals surface area contributed by atoms with Crippen LogP contribution in [0.15, 0.2) is 36.5 Å². The number of ether oxygens (including phenoxy) is 1. The largest absolute Gasteiger partial charge is 0.462 e. The Hall–Kier alpha value is -2.63. The topological polar surface area (TPSA) is 73.2 Å². The van der Waals surface area contributed by atoms with Crippen molar-refractivity contribution in [1.82, 2.24) is 9.78 Å². The highest BCUT2D eigenvalue weighted by Crippen LogP contribution is 2.29. The molecule has 6 nitrogen and oxygen atoms in total. The van der Waals surface area contributed by atoms with Crippen LogP contribution in [0, 0.1) is 11.8 Å². The summed E-state index contributed by atoms with van der Waals surface area (Å²) in [5, 5.41) is 7.31. The first kappa shape index (κ1) is 19.1. The van der Waals surface area contributed by atoms with Crippen molar-refractivity contribution in [3.63, 3.8) is 0 Å². The average Bonchev–Trinajstić information content (AvgIpc) is 3.05. The Morgan fingerprint density at radius 1 is 1.19 bits per heavy atom. The zero-order valence-electron chi connectivity index (χ0n) is 16.0. The first-order valence-electron chi connectivity index (χ1n) is 9.66. The van der Waals surface area contributed by atoms with Crippen molar-refractivity contribution in [1.29, 1.82) is 0 Å². The minimum absolute atomic E-state index is 0.0180. The maximum Gasteiger partial charge on any atom is 0.343 e. The predicted molar refractivity (Wildman–Crippen MR) is 103 cm³/mol. The lowest BCUT2D eigenvalue weighted by atomic mass is 9.82. The molecule has 6 heteroatoms. The summed E-state index contributed by atoms with van der Waals surface area (Å²) in [6, 6.07) is 9.85. The number of hydrogen-bond donors (Lipinski definition) is 1. The molecule has 0 unspecified atom stereocenters. The molecule has 1 aliphatic rings. The van der Waals surface area contributed by atoms with Crippen molar-refractivity contribution in [3.8, 4) is 0 Å². The van der Waals surface area contributed by atoms with E-state index in [1.807, 2.05) is 30.3 Å². The first-order valence-corrected chi connectivity index (χ1v) is 9.66. The fourth-order valence-corrected chi connectivity index (χ4v) is 3.46. The van der Waals surface area contributed by atoms with Gasteiger partial charge in [0.25, 0.3) is 0 Å². The Balaban J connectivity index is 1.77. The fraction of sp³-hybridized carbons (Fsp3) is 0.476. The molecule has 0 saturated heterocycles. The van der Waals surface area contributed by atoms with E-state index in [-0.39, 0.29) is 24.2 Å². The molecule has 144 valence electrons. The third-order valence-electron chi connectivity index (χ3n) is 5.07. The molecule has 0 aliphatic heterocycles. The monoisotopic (exact) mass is 369 g/mol. The summed E-state index contributed by atoms with van der Waals surface area (Å²) < 4.78 is 6.80. The number of aromatic nitrogens is 2. The third kappa shape index (κ3) is 4.96. The minimum atomic E-state index is -0.468. The highest BCUT2D eigenvalue weighted by Gasteiger charge is 2.27. The van der Waals surface area contributed by atoms with Crippen LogP contribution in [0.5, 0.6) is 0 Å². The van der Waals surface area contributed by atoms with Gasteiger partial charge < -0.3 is 10.1 Å². The van der Waals surface area contributed by atoms with Crippen LogP contribution in [-0.4, -0.2) is 28.3 Å². The van der Waals surface area contributed by atoms with Crippen molar-refractivity contribution in [2.75, 3.05) is 11.9 Å². The van der Waals surface area contributed by atoms with Crippen LogP contribution in [-0.2, 0) is 16.1 Å². The summed E-state index contributed by atoms with van der Waals surface area (Å²) in [5.41, 5.74) is 1.36. The molecule has 1 saturated carbocycles. The number of carbonyl (C=O) groups is 2. The van der Waals surface area contributed by atoms with Crippen LogP contribution in [0.2, 0.25) is 0 Å². The molecule has 0 spiro atoms. The summed E-state index contributed by atoms with van der Waals surface area (Å²) in [7, 11) is 0. The normalized spacial score (nSPS) is 19.5. The summed E-state index contributed by atoms with van der Waals surface area (Å²) in [6.45, 7) is 4.77. The second kappa shape index (κ2) is 8.84. The van der Waals surface area contributed by atoms with Crippen LogP contribution in [0.1, 0.15) is 55.5 Å². The van der Waals surface area contributed by atoms with E-state index in [0.717, 1.165) is 31.2 Å². The van der Waals surface area contributed by atoms with Gasteiger partial charge in [0, 0.05) is 12.1 Å². The average molecular weight is 369 g/mol. The molecular formula is C21H27N3O3. The highest BCUT2D eigenvalue weighted by atomic mass is 16.5. The minimum Gasteiger partial charge on any atom is -0.462 e. The van der Waals surface area contributed by atoms with Gasteiger partial charge in [0.05, 0.1) is 13.2 Å². The maximum atomic E-state index is 12.7. The van der Waals surface area contributed by atoms with E-state index in [9.17, 15) is 9.59 Å². The van der Waals surface area contributed by atoms with Crippen molar-refractivity contribution < 1.29 is 14.3 Å². The molecule has 1 fully saturated rings. The van der Waals surface area contributed by atoms with E-state index in [4.69, 9.17) is 4.74 Å². The van der Waals surface area contributed by atoms with Gasteiger partial charge in [-0.2, -0.15) is 5.10 Å². The molecule has 0 bridgehead atoms. The molecule has 3 rings (SSSR count). The van der Waals surface area contributed by atoms with Gasteiger partial charge in [0.2, 0.25) is 5.91 Å². The smallest absolute Gasteiger partial charge is 0.343 e. The number of nitrogens with one attached hydrogen (secondary N) is 1. The second-order valence-corrected chi connectivity index (χ2v) is 7.24. The zero-order chi connectivity index (χ0) is 19.2. The van der Waals surface area contributed by atoms with Crippen molar-refractivity contribution in [2.24, 2.45) is 11.8 Å². The number of benzene rings is 1. The Morgan fingerprint density at radius 3 is 2.56 bits per heavy atom. The maximum absolute atomic E-state index is 12.7. The van der Waals surface area contributed by atoms with Gasteiger partial charge in [0.15, 0.2) is 5.82 Å². The lowest BCUT2D eigenvalue weighted by molar-refractivity contribution is -0.121. The number of anilines is 1. The van der Waals surface area contributed by atoms with E-state index < -0.39 is 5.97 Å². The molecule has 1 amide bonds. The van der Waals surface area contributed by atoms with Gasteiger partial charge in [-0.1, -0.05) is 37.3 Å². The van der Waals surface area contributed by atoms with Gasteiger partial charge in [-0.15, -0.1) is 0 Å². The van der Waals surface area contributed by atoms with Gasteiger partial charge in [-0.25, -0.2) is 4.79 Å².